The van der Waals surface area contributed by atoms with Crippen LogP contribution in [0.1, 0.15) is 58.8 Å². The van der Waals surface area contributed by atoms with E-state index in [1.54, 1.807) is 0 Å². The van der Waals surface area contributed by atoms with Gasteiger partial charge in [-0.3, -0.25) is 11.3 Å². The molecule has 2 heteroatoms. The normalized spacial score (nSPS) is 34.7. The molecule has 0 spiro atoms. The number of hydrogen-bond acceptors (Lipinski definition) is 2. The second-order valence-corrected chi connectivity index (χ2v) is 6.09. The van der Waals surface area contributed by atoms with E-state index in [-0.39, 0.29) is 0 Å². The van der Waals surface area contributed by atoms with Crippen molar-refractivity contribution in [1.29, 1.82) is 0 Å². The maximum absolute atomic E-state index is 5.81. The molecule has 2 saturated carbocycles. The van der Waals surface area contributed by atoms with E-state index >= 15 is 0 Å². The Kier molecular flexibility index (Phi) is 4.26. The standard InChI is InChI=1S/C14H28N2/c1-3-11-5-4-6-13(9-11)14(16-15)10(2)12-7-8-12/h10-14,16H,3-9,15H2,1-2H3. The van der Waals surface area contributed by atoms with Gasteiger partial charge in [-0.2, -0.15) is 0 Å². The molecule has 2 rings (SSSR count). The molecule has 2 aliphatic carbocycles. The predicted molar refractivity (Wildman–Crippen MR) is 68.7 cm³/mol. The van der Waals surface area contributed by atoms with Crippen molar-refractivity contribution in [2.24, 2.45) is 29.5 Å². The van der Waals surface area contributed by atoms with Gasteiger partial charge in [0, 0.05) is 6.04 Å². The number of rotatable bonds is 5. The Morgan fingerprint density at radius 2 is 1.94 bits per heavy atom. The van der Waals surface area contributed by atoms with Crippen LogP contribution in [0.25, 0.3) is 0 Å². The molecule has 0 amide bonds. The van der Waals surface area contributed by atoms with Crippen LogP contribution in [-0.4, -0.2) is 6.04 Å². The van der Waals surface area contributed by atoms with Crippen molar-refractivity contribution in [2.45, 2.75) is 64.8 Å². The summed E-state index contributed by atoms with van der Waals surface area (Å²) in [5.41, 5.74) is 3.14. The Labute approximate surface area is 100 Å². The highest BCUT2D eigenvalue weighted by molar-refractivity contribution is 4.91. The van der Waals surface area contributed by atoms with Crippen LogP contribution in [0, 0.1) is 23.7 Å². The van der Waals surface area contributed by atoms with E-state index in [9.17, 15) is 0 Å². The molecule has 16 heavy (non-hydrogen) atoms. The maximum Gasteiger partial charge on any atom is 0.0267 e. The molecule has 2 nitrogen and oxygen atoms in total. The third kappa shape index (κ3) is 2.78. The first-order valence-corrected chi connectivity index (χ1v) is 7.22. The molecule has 2 fully saturated rings. The van der Waals surface area contributed by atoms with Gasteiger partial charge in [-0.25, -0.2) is 0 Å². The van der Waals surface area contributed by atoms with Crippen molar-refractivity contribution in [3.05, 3.63) is 0 Å². The molecule has 2 aliphatic rings. The first kappa shape index (κ1) is 12.4. The summed E-state index contributed by atoms with van der Waals surface area (Å²) >= 11 is 0. The minimum absolute atomic E-state index is 0.571. The van der Waals surface area contributed by atoms with Gasteiger partial charge in [-0.05, 0) is 49.4 Å². The molecule has 0 aromatic rings. The summed E-state index contributed by atoms with van der Waals surface area (Å²) in [4.78, 5) is 0. The zero-order chi connectivity index (χ0) is 11.5. The molecular weight excluding hydrogens is 196 g/mol. The third-order valence-electron chi connectivity index (χ3n) is 5.03. The molecule has 0 aromatic heterocycles. The minimum Gasteiger partial charge on any atom is -0.271 e. The SMILES string of the molecule is CCC1CCCC(C(NN)C(C)C2CC2)C1. The second-order valence-electron chi connectivity index (χ2n) is 6.09. The average molecular weight is 224 g/mol. The summed E-state index contributed by atoms with van der Waals surface area (Å²) in [6.07, 6.45) is 9.88. The van der Waals surface area contributed by atoms with Gasteiger partial charge in [0.2, 0.25) is 0 Å². The smallest absolute Gasteiger partial charge is 0.0267 e. The van der Waals surface area contributed by atoms with E-state index in [1.807, 2.05) is 0 Å². The summed E-state index contributed by atoms with van der Waals surface area (Å²) in [6, 6.07) is 0.571. The summed E-state index contributed by atoms with van der Waals surface area (Å²) in [5.74, 6) is 9.34. The van der Waals surface area contributed by atoms with Crippen molar-refractivity contribution >= 4 is 0 Å². The summed E-state index contributed by atoms with van der Waals surface area (Å²) in [5, 5.41) is 0. The highest BCUT2D eigenvalue weighted by atomic mass is 15.2. The Bertz CT molecular complexity index is 213. The Hall–Kier alpha value is -0.0800. The highest BCUT2D eigenvalue weighted by Crippen LogP contribution is 2.42. The first-order valence-electron chi connectivity index (χ1n) is 7.22. The van der Waals surface area contributed by atoms with Crippen LogP contribution < -0.4 is 11.3 Å². The molecule has 0 aromatic carbocycles. The molecule has 0 bridgehead atoms. The number of nitrogens with two attached hydrogens (primary N) is 1. The molecule has 0 radical (unpaired) electrons. The van der Waals surface area contributed by atoms with E-state index in [0.29, 0.717) is 6.04 Å². The lowest BCUT2D eigenvalue weighted by Gasteiger charge is -2.37. The van der Waals surface area contributed by atoms with Gasteiger partial charge in [-0.15, -0.1) is 0 Å². The van der Waals surface area contributed by atoms with Crippen LogP contribution in [0.5, 0.6) is 0 Å². The third-order valence-corrected chi connectivity index (χ3v) is 5.03. The van der Waals surface area contributed by atoms with Crippen LogP contribution in [0.2, 0.25) is 0 Å². The Morgan fingerprint density at radius 1 is 1.19 bits per heavy atom. The fourth-order valence-corrected chi connectivity index (χ4v) is 3.66. The molecule has 4 unspecified atom stereocenters. The van der Waals surface area contributed by atoms with Crippen LogP contribution >= 0.6 is 0 Å². The number of hydrazine groups is 1. The molecule has 4 atom stereocenters. The zero-order valence-electron chi connectivity index (χ0n) is 10.9. The van der Waals surface area contributed by atoms with Gasteiger partial charge < -0.3 is 0 Å². The molecule has 0 aliphatic heterocycles. The Balaban J connectivity index is 1.91. The lowest BCUT2D eigenvalue weighted by molar-refractivity contribution is 0.164. The molecule has 0 saturated heterocycles. The zero-order valence-corrected chi connectivity index (χ0v) is 10.9. The van der Waals surface area contributed by atoms with Crippen LogP contribution in [-0.2, 0) is 0 Å². The largest absolute Gasteiger partial charge is 0.271 e. The fourth-order valence-electron chi connectivity index (χ4n) is 3.66. The monoisotopic (exact) mass is 224 g/mol. The van der Waals surface area contributed by atoms with E-state index in [2.05, 4.69) is 19.3 Å². The molecule has 0 heterocycles. The number of nitrogens with one attached hydrogen (secondary N) is 1. The summed E-state index contributed by atoms with van der Waals surface area (Å²) in [6.45, 7) is 4.74. The lowest BCUT2D eigenvalue weighted by Crippen LogP contribution is -2.47. The summed E-state index contributed by atoms with van der Waals surface area (Å²) < 4.78 is 0. The van der Waals surface area contributed by atoms with Gasteiger partial charge in [0.1, 0.15) is 0 Å². The predicted octanol–water partition coefficient (Wildman–Crippen LogP) is 3.08. The molecular formula is C14H28N2. The highest BCUT2D eigenvalue weighted by Gasteiger charge is 2.37. The van der Waals surface area contributed by atoms with Crippen molar-refractivity contribution in [1.82, 2.24) is 5.43 Å². The van der Waals surface area contributed by atoms with Crippen molar-refractivity contribution in [2.75, 3.05) is 0 Å². The van der Waals surface area contributed by atoms with E-state index < -0.39 is 0 Å². The quantitative estimate of drug-likeness (QED) is 0.556. The van der Waals surface area contributed by atoms with Crippen LogP contribution in [0.4, 0.5) is 0 Å². The fraction of sp³-hybridized carbons (Fsp3) is 1.00. The minimum atomic E-state index is 0.571. The van der Waals surface area contributed by atoms with Crippen LogP contribution in [0.15, 0.2) is 0 Å². The van der Waals surface area contributed by atoms with E-state index in [0.717, 1.165) is 23.7 Å². The van der Waals surface area contributed by atoms with E-state index in [1.165, 1.54) is 44.9 Å². The lowest BCUT2D eigenvalue weighted by atomic mass is 9.73. The number of hydrogen-bond donors (Lipinski definition) is 2. The first-order chi connectivity index (χ1) is 7.76. The van der Waals surface area contributed by atoms with Gasteiger partial charge in [0.15, 0.2) is 0 Å². The van der Waals surface area contributed by atoms with Gasteiger partial charge in [-0.1, -0.05) is 33.1 Å². The van der Waals surface area contributed by atoms with Gasteiger partial charge in [0.05, 0.1) is 0 Å². The summed E-state index contributed by atoms with van der Waals surface area (Å²) in [7, 11) is 0. The molecule has 94 valence electrons. The Morgan fingerprint density at radius 3 is 2.50 bits per heavy atom. The molecule has 3 N–H and O–H groups in total. The maximum atomic E-state index is 5.81. The van der Waals surface area contributed by atoms with Gasteiger partial charge >= 0.3 is 0 Å². The van der Waals surface area contributed by atoms with Gasteiger partial charge in [0.25, 0.3) is 0 Å². The van der Waals surface area contributed by atoms with Crippen molar-refractivity contribution < 1.29 is 0 Å². The second kappa shape index (κ2) is 5.50. The average Bonchev–Trinajstić information content (AvgIpc) is 3.14. The van der Waals surface area contributed by atoms with E-state index in [4.69, 9.17) is 5.84 Å². The van der Waals surface area contributed by atoms with Crippen molar-refractivity contribution in [3.63, 3.8) is 0 Å². The topological polar surface area (TPSA) is 38.0 Å². The van der Waals surface area contributed by atoms with Crippen LogP contribution in [0.3, 0.4) is 0 Å². The van der Waals surface area contributed by atoms with Crippen molar-refractivity contribution in [3.8, 4) is 0 Å².